The maximum atomic E-state index is 11.2. The van der Waals surface area contributed by atoms with Gasteiger partial charge in [-0.15, -0.1) is 0 Å². The van der Waals surface area contributed by atoms with Crippen LogP contribution < -0.4 is 10.6 Å². The van der Waals surface area contributed by atoms with Crippen LogP contribution in [0.15, 0.2) is 60.7 Å². The number of nitrogens with zero attached hydrogens (tertiary/aromatic N) is 3. The molecular weight excluding hydrogens is 586 g/mol. The molecule has 11 heteroatoms. The van der Waals surface area contributed by atoms with Crippen LogP contribution in [0.3, 0.4) is 0 Å². The van der Waals surface area contributed by atoms with Gasteiger partial charge in [-0.25, -0.2) is 0 Å². The van der Waals surface area contributed by atoms with E-state index in [1.54, 1.807) is 0 Å². The van der Waals surface area contributed by atoms with Crippen LogP contribution in [0.2, 0.25) is 0 Å². The molecule has 1 aliphatic rings. The lowest BCUT2D eigenvalue weighted by atomic mass is 10.0. The Balaban J connectivity index is 1.50. The Morgan fingerprint density at radius 2 is 1.11 bits per heavy atom. The molecule has 1 aliphatic heterocycles. The predicted octanol–water partition coefficient (Wildman–Crippen LogP) is 1.42. The first-order valence-corrected chi connectivity index (χ1v) is 16.1. The topological polar surface area (TPSA) is 155 Å². The van der Waals surface area contributed by atoms with Crippen molar-refractivity contribution in [3.05, 3.63) is 94.0 Å². The fourth-order valence-corrected chi connectivity index (χ4v) is 5.91. The summed E-state index contributed by atoms with van der Waals surface area (Å²) in [6.45, 7) is 8.70. The number of phenolic OH excluding ortho intramolecular Hbond substituents is 2. The molecule has 0 aromatic heterocycles. The maximum Gasteiger partial charge on any atom is 0.128 e. The first-order valence-electron chi connectivity index (χ1n) is 16.1. The average molecular weight is 638 g/mol. The summed E-state index contributed by atoms with van der Waals surface area (Å²) in [5.41, 5.74) is 5.27. The van der Waals surface area contributed by atoms with Crippen LogP contribution in [0.5, 0.6) is 11.5 Å². The highest BCUT2D eigenvalue weighted by Crippen LogP contribution is 2.27. The van der Waals surface area contributed by atoms with Crippen molar-refractivity contribution in [1.29, 1.82) is 0 Å². The molecule has 0 spiro atoms. The minimum Gasteiger partial charge on any atom is -0.507 e. The third-order valence-corrected chi connectivity index (χ3v) is 8.47. The molecule has 1 fully saturated rings. The average Bonchev–Trinajstić information content (AvgIpc) is 3.06. The first-order chi connectivity index (χ1) is 22.2. The van der Waals surface area contributed by atoms with Gasteiger partial charge in [0, 0.05) is 81.2 Å². The molecule has 0 amide bonds. The van der Waals surface area contributed by atoms with Crippen LogP contribution in [0.4, 0.5) is 0 Å². The van der Waals surface area contributed by atoms with Gasteiger partial charge in [-0.2, -0.15) is 0 Å². The van der Waals surface area contributed by atoms with Crippen LogP contribution >= 0.6 is 0 Å². The number of nitrogens with one attached hydrogen (secondary N) is 2. The second kappa shape index (κ2) is 18.3. The van der Waals surface area contributed by atoms with Crippen molar-refractivity contribution in [3.8, 4) is 11.5 Å². The highest BCUT2D eigenvalue weighted by molar-refractivity contribution is 5.43. The van der Waals surface area contributed by atoms with Crippen LogP contribution in [0, 0.1) is 6.92 Å². The number of aliphatic hydroxyl groups is 4. The summed E-state index contributed by atoms with van der Waals surface area (Å²) in [6.07, 6.45) is -1.19. The van der Waals surface area contributed by atoms with Crippen molar-refractivity contribution >= 4 is 0 Å². The van der Waals surface area contributed by atoms with Gasteiger partial charge in [-0.05, 0) is 32.0 Å². The number of para-hydroxylation sites is 1. The summed E-state index contributed by atoms with van der Waals surface area (Å²) in [4.78, 5) is 7.21. The van der Waals surface area contributed by atoms with Gasteiger partial charge >= 0.3 is 0 Å². The second-order valence-electron chi connectivity index (χ2n) is 12.2. The number of rotatable bonds is 14. The molecule has 2 atom stereocenters. The van der Waals surface area contributed by atoms with E-state index < -0.39 is 25.7 Å². The normalized spacial score (nSPS) is 17.2. The number of aryl methyl sites for hydroxylation is 1. The van der Waals surface area contributed by atoms with Crippen molar-refractivity contribution in [2.75, 3.05) is 52.5 Å². The molecule has 46 heavy (non-hydrogen) atoms. The van der Waals surface area contributed by atoms with Gasteiger partial charge in [-0.1, -0.05) is 66.2 Å². The van der Waals surface area contributed by atoms with Crippen molar-refractivity contribution < 1.29 is 30.6 Å². The van der Waals surface area contributed by atoms with Crippen molar-refractivity contribution in [3.63, 3.8) is 0 Å². The molecule has 0 bridgehead atoms. The smallest absolute Gasteiger partial charge is 0.128 e. The predicted molar refractivity (Wildman–Crippen MR) is 178 cm³/mol. The first kappa shape index (κ1) is 35.7. The van der Waals surface area contributed by atoms with E-state index >= 15 is 0 Å². The zero-order chi connectivity index (χ0) is 32.9. The Kier molecular flexibility index (Phi) is 14.2. The largest absolute Gasteiger partial charge is 0.507 e. The quantitative estimate of drug-likeness (QED) is 0.121. The SMILES string of the molecule is Cc1cc(CNC(O)CO)c(O)c(CN2CCCN(Cc3cccc(CNC(O)CO)c3O)CCN(Cc3ccccc3)CC2)c1. The molecule has 8 N–H and O–H groups in total. The van der Waals surface area contributed by atoms with E-state index in [2.05, 4.69) is 49.6 Å². The summed E-state index contributed by atoms with van der Waals surface area (Å²) in [5, 5.41) is 65.6. The minimum absolute atomic E-state index is 0.201. The van der Waals surface area contributed by atoms with Crippen LogP contribution in [0.1, 0.15) is 39.8 Å². The summed E-state index contributed by atoms with van der Waals surface area (Å²) >= 11 is 0. The maximum absolute atomic E-state index is 11.2. The third-order valence-electron chi connectivity index (χ3n) is 8.47. The van der Waals surface area contributed by atoms with Gasteiger partial charge in [0.25, 0.3) is 0 Å². The van der Waals surface area contributed by atoms with Gasteiger partial charge in [0.1, 0.15) is 24.0 Å². The van der Waals surface area contributed by atoms with Crippen LogP contribution in [-0.4, -0.2) is 110 Å². The lowest BCUT2D eigenvalue weighted by Crippen LogP contribution is -2.42. The fourth-order valence-electron chi connectivity index (χ4n) is 5.91. The van der Waals surface area contributed by atoms with Gasteiger partial charge in [0.15, 0.2) is 0 Å². The molecule has 3 aromatic rings. The van der Waals surface area contributed by atoms with E-state index in [0.29, 0.717) is 24.2 Å². The minimum atomic E-state index is -1.05. The zero-order valence-electron chi connectivity index (χ0n) is 26.9. The number of phenols is 2. The molecule has 0 aliphatic carbocycles. The van der Waals surface area contributed by atoms with Crippen molar-refractivity contribution in [2.24, 2.45) is 0 Å². The molecule has 4 rings (SSSR count). The van der Waals surface area contributed by atoms with Gasteiger partial charge in [-0.3, -0.25) is 25.3 Å². The highest BCUT2D eigenvalue weighted by atomic mass is 16.3. The lowest BCUT2D eigenvalue weighted by Gasteiger charge is -2.33. The molecule has 1 saturated heterocycles. The van der Waals surface area contributed by atoms with Crippen molar-refractivity contribution in [2.45, 2.75) is 58.5 Å². The molecule has 3 aromatic carbocycles. The number of hydrogen-bond acceptors (Lipinski definition) is 11. The van der Waals surface area contributed by atoms with Crippen LogP contribution in [-0.2, 0) is 32.7 Å². The summed E-state index contributed by atoms with van der Waals surface area (Å²) < 4.78 is 0. The van der Waals surface area contributed by atoms with E-state index in [4.69, 9.17) is 5.11 Å². The Bertz CT molecular complexity index is 1350. The van der Waals surface area contributed by atoms with E-state index in [1.807, 2.05) is 43.3 Å². The Morgan fingerprint density at radius 1 is 0.609 bits per heavy atom. The second-order valence-corrected chi connectivity index (χ2v) is 12.2. The number of benzene rings is 3. The standard InChI is InChI=1S/C35H51N5O6/c1-26-17-30(20-37-33(44)25-42)35(46)31(18-26)23-39-12-6-11-38(13-15-40(16-14-39)21-27-7-3-2-4-8-27)22-29-10-5-9-28(34(29)45)19-36-32(43)24-41/h2-5,7-10,17-18,32-33,36-37,41-46H,6,11-16,19-25H2,1H3. The van der Waals surface area contributed by atoms with Crippen molar-refractivity contribution in [1.82, 2.24) is 25.3 Å². The Hall–Kier alpha value is -3.10. The zero-order valence-corrected chi connectivity index (χ0v) is 26.9. The Labute approximate surface area is 272 Å². The Morgan fingerprint density at radius 3 is 1.72 bits per heavy atom. The van der Waals surface area contributed by atoms with Gasteiger partial charge < -0.3 is 30.6 Å². The van der Waals surface area contributed by atoms with Gasteiger partial charge in [0.2, 0.25) is 0 Å². The van der Waals surface area contributed by atoms with Crippen LogP contribution in [0.25, 0.3) is 0 Å². The summed E-state index contributed by atoms with van der Waals surface area (Å²) in [5.74, 6) is 0.409. The highest BCUT2D eigenvalue weighted by Gasteiger charge is 2.20. The monoisotopic (exact) mass is 637 g/mol. The molecule has 2 unspecified atom stereocenters. The summed E-state index contributed by atoms with van der Waals surface area (Å²) in [7, 11) is 0. The molecule has 0 saturated carbocycles. The van der Waals surface area contributed by atoms with E-state index in [9.17, 15) is 25.5 Å². The lowest BCUT2D eigenvalue weighted by molar-refractivity contribution is 0.0663. The molecule has 0 radical (unpaired) electrons. The third kappa shape index (κ3) is 11.0. The van der Waals surface area contributed by atoms with E-state index in [1.165, 1.54) is 5.56 Å². The van der Waals surface area contributed by atoms with E-state index in [0.717, 1.165) is 68.9 Å². The number of aliphatic hydroxyl groups excluding tert-OH is 4. The van der Waals surface area contributed by atoms with E-state index in [-0.39, 0.29) is 24.6 Å². The number of aromatic hydroxyl groups is 2. The number of hydrogen-bond donors (Lipinski definition) is 8. The molecule has 11 nitrogen and oxygen atoms in total. The van der Waals surface area contributed by atoms with Gasteiger partial charge in [0.05, 0.1) is 13.2 Å². The molecular formula is C35H51N5O6. The molecule has 1 heterocycles. The molecule has 252 valence electrons. The fraction of sp³-hybridized carbons (Fsp3) is 0.486. The summed E-state index contributed by atoms with van der Waals surface area (Å²) in [6, 6.07) is 20.0.